The number of carboxylic acid groups (broad SMARTS) is 3. The van der Waals surface area contributed by atoms with Crippen molar-refractivity contribution >= 4 is 77.9 Å². The molecule has 0 radical (unpaired) electrons. The maximum Gasteiger partial charge on any atom is 0.613 e. The largest absolute Gasteiger partial charge is 0.613 e. The van der Waals surface area contributed by atoms with E-state index in [1.165, 1.54) is 48.5 Å². The summed E-state index contributed by atoms with van der Waals surface area (Å²) in [5, 5.41) is 41.1. The molecule has 1 aliphatic heterocycles. The minimum Gasteiger partial charge on any atom is -0.481 e. The molecule has 0 bridgehead atoms. The van der Waals surface area contributed by atoms with Crippen LogP contribution in [0.5, 0.6) is 17.2 Å². The first-order chi connectivity index (χ1) is 37.1. The predicted octanol–water partition coefficient (Wildman–Crippen LogP) is -2.36. The molecule has 0 aliphatic carbocycles. The van der Waals surface area contributed by atoms with E-state index in [1.54, 1.807) is 13.8 Å². The zero-order valence-corrected chi connectivity index (χ0v) is 45.2. The predicted molar refractivity (Wildman–Crippen MR) is 277 cm³/mol. The van der Waals surface area contributed by atoms with Crippen LogP contribution in [0, 0.1) is 5.92 Å². The molecular weight excluding hydrogens is 1130 g/mol. The Bertz CT molecular complexity index is 2670. The van der Waals surface area contributed by atoms with Crippen LogP contribution >= 0.6 is 24.5 Å². The van der Waals surface area contributed by atoms with E-state index in [2.05, 4.69) is 35.6 Å². The van der Waals surface area contributed by atoms with Crippen molar-refractivity contribution in [3.63, 3.8) is 0 Å². The molecule has 3 aromatic rings. The van der Waals surface area contributed by atoms with E-state index in [-0.39, 0.29) is 65.7 Å². The van der Waals surface area contributed by atoms with Crippen LogP contribution in [0.15, 0.2) is 72.8 Å². The van der Waals surface area contributed by atoms with E-state index in [4.69, 9.17) is 10.3 Å². The lowest BCUT2D eigenvalue weighted by atomic mass is 10.00. The summed E-state index contributed by atoms with van der Waals surface area (Å²) < 4.78 is 14.1. The first kappa shape index (κ1) is 65.7. The first-order valence-corrected chi connectivity index (χ1v) is 28.7. The third-order valence-corrected chi connectivity index (χ3v) is 12.9. The number of carboxylic acids is 3. The average Bonchev–Trinajstić information content (AvgIpc) is 3.83. The van der Waals surface area contributed by atoms with Gasteiger partial charge in [0.15, 0.2) is 17.2 Å². The van der Waals surface area contributed by atoms with Crippen LogP contribution in [0.25, 0.3) is 0 Å². The summed E-state index contributed by atoms with van der Waals surface area (Å²) in [6.45, 7) is 3.27. The second-order valence-corrected chi connectivity index (χ2v) is 22.3. The summed E-state index contributed by atoms with van der Waals surface area (Å²) in [6, 6.07) is 2.79. The van der Waals surface area contributed by atoms with Crippen molar-refractivity contribution in [1.29, 1.82) is 0 Å². The Kier molecular flexibility index (Phi) is 23.9. The normalized spacial score (nSPS) is 15.9. The highest BCUT2D eigenvalue weighted by Gasteiger charge is 2.41. The highest BCUT2D eigenvalue weighted by atomic mass is 31.2. The van der Waals surface area contributed by atoms with Crippen LogP contribution in [0.2, 0.25) is 0 Å². The molecule has 0 saturated carbocycles. The molecule has 3 aromatic carbocycles. The molecule has 80 heavy (non-hydrogen) atoms. The van der Waals surface area contributed by atoms with Gasteiger partial charge in [0.25, 0.3) is 0 Å². The van der Waals surface area contributed by atoms with E-state index in [0.29, 0.717) is 0 Å². The van der Waals surface area contributed by atoms with Gasteiger partial charge in [-0.25, -0.2) is 4.79 Å². The molecule has 1 aliphatic rings. The standard InChI is InChI=1S/C46H60N7O24P3/c1-24(2)18-32(48-40(58)31(47)22-38(54)55)41(59)49-33(19-25-5-11-28(12-6-25)75-78(66,67)68)42(60)51-35(23-39(56)57)44(62)50-34(20-26-7-13-29(14-8-26)76-79(69,70)71)43(61)52-36(45(63)53-17-3-4-37(53)46(64)65)21-27-9-15-30(16-10-27)77-80(72,73)74/h5-16,24,31-37,66-74H,3-4,17-23,47H2,1-2H3,(H5-3,48,49,50,51,52,54,55,56,57,58,59,60,61,62,64,65)/p+3/t31-,32-,33-,34-,35-,36-,37-/m0/s1. The summed E-state index contributed by atoms with van der Waals surface area (Å²) in [4.78, 5) is 206. The molecule has 1 heterocycles. The number of carbonyl (C=O) groups is 9. The van der Waals surface area contributed by atoms with Gasteiger partial charge in [0.05, 0.1) is 18.9 Å². The number of rotatable bonds is 30. The first-order valence-electron chi connectivity index (χ1n) is 24.0. The second-order valence-electron chi connectivity index (χ2n) is 18.6. The second kappa shape index (κ2) is 29.1. The number of nitrogens with two attached hydrogens (primary N) is 1. The Hall–Kier alpha value is -6.82. The number of hydrogen-bond donors (Lipinski definition) is 18. The van der Waals surface area contributed by atoms with Crippen molar-refractivity contribution in [2.75, 3.05) is 6.54 Å². The number of benzene rings is 3. The fraction of sp³-hybridized carbons (Fsp3) is 0.413. The molecule has 0 aromatic heterocycles. The lowest BCUT2D eigenvalue weighted by molar-refractivity contribution is -0.149. The summed E-state index contributed by atoms with van der Waals surface area (Å²) in [5.41, 5.74) is 6.32. The zero-order valence-electron chi connectivity index (χ0n) is 42.5. The lowest BCUT2D eigenvalue weighted by Gasteiger charge is -2.29. The van der Waals surface area contributed by atoms with Crippen LogP contribution in [0.3, 0.4) is 0 Å². The van der Waals surface area contributed by atoms with Gasteiger partial charge in [-0.1, -0.05) is 50.2 Å². The Labute approximate surface area is 456 Å². The third-order valence-electron chi connectivity index (χ3n) is 11.6. The van der Waals surface area contributed by atoms with Gasteiger partial charge in [0, 0.05) is 25.8 Å². The monoisotopic (exact) mass is 1190 g/mol. The fourth-order valence-corrected chi connectivity index (χ4v) is 9.25. The molecule has 31 nitrogen and oxygen atoms in total. The Balaban J connectivity index is 1.74. The van der Waals surface area contributed by atoms with E-state index < -0.39 is 152 Å². The van der Waals surface area contributed by atoms with Crippen LogP contribution in [-0.4, -0.2) is 166 Å². The SMILES string of the molecule is CC(C)C[C@H](NC(=O)[C@@H](N)CC(=O)O)C(=O)N[C@@H](Cc1ccc(O[P+](O)(O)O)cc1)C(=O)N[C@@H](CC(=O)O)C(=O)N[C@@H](Cc1ccc(O[P+](O)(O)O)cc1)C(=O)N[C@@H](Cc1ccc(O[P+](O)(O)O)cc1)C(=O)N1CCC[C@H]1C(=O)O. The van der Waals surface area contributed by atoms with Crippen molar-refractivity contribution in [1.82, 2.24) is 31.5 Å². The van der Waals surface area contributed by atoms with E-state index in [1.807, 2.05) is 0 Å². The lowest BCUT2D eigenvalue weighted by Crippen LogP contribution is -2.61. The summed E-state index contributed by atoms with van der Waals surface area (Å²) in [7, 11) is -14.4. The number of amides is 6. The average molecular weight is 1190 g/mol. The Morgan fingerprint density at radius 3 is 1.21 bits per heavy atom. The molecule has 6 amide bonds. The number of likely N-dealkylation sites (tertiary alicyclic amines) is 1. The summed E-state index contributed by atoms with van der Waals surface area (Å²) >= 11 is 0. The Morgan fingerprint density at radius 2 is 0.850 bits per heavy atom. The minimum absolute atomic E-state index is 0.0504. The fourth-order valence-electron chi connectivity index (χ4n) is 8.03. The summed E-state index contributed by atoms with van der Waals surface area (Å²) in [5.74, 6) is -12.3. The molecule has 0 spiro atoms. The Morgan fingerprint density at radius 1 is 0.512 bits per heavy atom. The highest BCUT2D eigenvalue weighted by molar-refractivity contribution is 7.54. The maximum absolute atomic E-state index is 14.6. The van der Waals surface area contributed by atoms with Gasteiger partial charge in [-0.2, -0.15) is 44.0 Å². The highest BCUT2D eigenvalue weighted by Crippen LogP contribution is 2.47. The van der Waals surface area contributed by atoms with Crippen molar-refractivity contribution in [2.45, 2.75) is 108 Å². The van der Waals surface area contributed by atoms with E-state index in [0.717, 1.165) is 29.2 Å². The van der Waals surface area contributed by atoms with Gasteiger partial charge in [-0.3, -0.25) is 51.9 Å². The van der Waals surface area contributed by atoms with E-state index >= 15 is 0 Å². The van der Waals surface area contributed by atoms with Gasteiger partial charge in [0.1, 0.15) is 36.3 Å². The van der Waals surface area contributed by atoms with Crippen molar-refractivity contribution < 1.29 is 116 Å². The number of nitrogens with one attached hydrogen (secondary N) is 5. The maximum atomic E-state index is 14.6. The van der Waals surface area contributed by atoms with Gasteiger partial charge in [0.2, 0.25) is 35.4 Å². The van der Waals surface area contributed by atoms with Crippen LogP contribution in [0.1, 0.15) is 62.6 Å². The van der Waals surface area contributed by atoms with Crippen molar-refractivity contribution in [3.8, 4) is 17.2 Å². The van der Waals surface area contributed by atoms with Gasteiger partial charge in [-0.15, -0.1) is 0 Å². The number of nitrogens with zero attached hydrogens (tertiary/aromatic N) is 1. The van der Waals surface area contributed by atoms with Gasteiger partial charge in [-0.05, 0) is 78.3 Å². The van der Waals surface area contributed by atoms with Crippen LogP contribution < -0.4 is 45.9 Å². The zero-order chi connectivity index (χ0) is 59.9. The smallest absolute Gasteiger partial charge is 0.481 e. The number of aliphatic carboxylic acids is 3. The molecule has 1 saturated heterocycles. The number of hydrogen-bond acceptors (Lipinski definition) is 22. The quantitative estimate of drug-likeness (QED) is 0.0310. The van der Waals surface area contributed by atoms with E-state index in [9.17, 15) is 103 Å². The van der Waals surface area contributed by atoms with Gasteiger partial charge >= 0.3 is 42.4 Å². The molecule has 438 valence electrons. The number of carbonyl (C=O) groups excluding carboxylic acids is 6. The molecular formula is C46H63N7O24P3+3. The molecule has 1 fully saturated rings. The van der Waals surface area contributed by atoms with Crippen LogP contribution in [0.4, 0.5) is 0 Å². The van der Waals surface area contributed by atoms with Crippen molar-refractivity contribution in [3.05, 3.63) is 89.5 Å². The molecule has 7 atom stereocenters. The molecule has 19 N–H and O–H groups in total. The minimum atomic E-state index is -4.81. The third kappa shape index (κ3) is 22.7. The molecule has 4 rings (SSSR count). The topological polar surface area (TPSA) is 513 Å². The van der Waals surface area contributed by atoms with Crippen molar-refractivity contribution in [2.24, 2.45) is 11.7 Å². The van der Waals surface area contributed by atoms with Gasteiger partial charge < -0.3 is 52.5 Å². The summed E-state index contributed by atoms with van der Waals surface area (Å²) in [6.07, 6.45) is -3.23. The van der Waals surface area contributed by atoms with Crippen LogP contribution in [-0.2, 0) is 62.4 Å². The molecule has 0 unspecified atom stereocenters. The molecule has 34 heteroatoms.